The van der Waals surface area contributed by atoms with Gasteiger partial charge in [0.2, 0.25) is 0 Å². The van der Waals surface area contributed by atoms with Gasteiger partial charge in [0.05, 0.1) is 5.56 Å². The lowest BCUT2D eigenvalue weighted by atomic mass is 10.3. The summed E-state index contributed by atoms with van der Waals surface area (Å²) in [7, 11) is 1.73. The molecule has 20 heavy (non-hydrogen) atoms. The molecule has 1 amide bonds. The molecule has 3 N–H and O–H groups in total. The number of aromatic nitrogens is 1. The second kappa shape index (κ2) is 9.77. The van der Waals surface area contributed by atoms with E-state index in [0.717, 1.165) is 25.3 Å². The minimum Gasteiger partial charge on any atom is -0.356 e. The maximum atomic E-state index is 11.7. The molecule has 0 fully saturated rings. The Kier molecular flexibility index (Phi) is 7.79. The Hall–Kier alpha value is -2.11. The van der Waals surface area contributed by atoms with Crippen molar-refractivity contribution in [2.45, 2.75) is 19.8 Å². The molecule has 0 saturated carbocycles. The molecule has 0 aliphatic carbocycles. The van der Waals surface area contributed by atoms with Gasteiger partial charge in [-0.15, -0.1) is 0 Å². The first-order valence-electron chi connectivity index (χ1n) is 6.90. The third-order valence-corrected chi connectivity index (χ3v) is 2.67. The van der Waals surface area contributed by atoms with Gasteiger partial charge in [-0.2, -0.15) is 0 Å². The molecule has 0 unspecified atom stereocenters. The number of guanidine groups is 1. The summed E-state index contributed by atoms with van der Waals surface area (Å²) in [6.45, 7) is 4.20. The first-order chi connectivity index (χ1) is 9.77. The van der Waals surface area contributed by atoms with E-state index in [0.29, 0.717) is 18.7 Å². The van der Waals surface area contributed by atoms with Gasteiger partial charge in [0.1, 0.15) is 0 Å². The lowest BCUT2D eigenvalue weighted by Gasteiger charge is -2.11. The number of hydrogen-bond donors (Lipinski definition) is 3. The zero-order chi connectivity index (χ0) is 14.6. The standard InChI is InChI=1S/C14H23N5O/c1-3-4-8-18-14(15-2)19-10-9-17-13(20)12-6-5-7-16-11-12/h5-7,11H,3-4,8-10H2,1-2H3,(H,17,20)(H2,15,18,19). The van der Waals surface area contributed by atoms with E-state index >= 15 is 0 Å². The van der Waals surface area contributed by atoms with Crippen molar-refractivity contribution in [3.05, 3.63) is 30.1 Å². The van der Waals surface area contributed by atoms with Crippen molar-refractivity contribution in [1.82, 2.24) is 20.9 Å². The van der Waals surface area contributed by atoms with E-state index in [1.54, 1.807) is 31.6 Å². The van der Waals surface area contributed by atoms with Gasteiger partial charge < -0.3 is 16.0 Å². The highest BCUT2D eigenvalue weighted by Gasteiger charge is 2.03. The SMILES string of the molecule is CCCCNC(=NC)NCCNC(=O)c1cccnc1. The van der Waals surface area contributed by atoms with Gasteiger partial charge in [0.15, 0.2) is 5.96 Å². The summed E-state index contributed by atoms with van der Waals surface area (Å²) in [5, 5.41) is 9.17. The van der Waals surface area contributed by atoms with Crippen LogP contribution in [0.5, 0.6) is 0 Å². The first-order valence-corrected chi connectivity index (χ1v) is 6.90. The highest BCUT2D eigenvalue weighted by molar-refractivity contribution is 5.93. The van der Waals surface area contributed by atoms with E-state index in [-0.39, 0.29) is 5.91 Å². The third kappa shape index (κ3) is 6.17. The monoisotopic (exact) mass is 277 g/mol. The van der Waals surface area contributed by atoms with Crippen LogP contribution in [-0.4, -0.2) is 43.5 Å². The molecule has 1 rings (SSSR count). The number of nitrogens with zero attached hydrogens (tertiary/aromatic N) is 2. The van der Waals surface area contributed by atoms with Gasteiger partial charge in [0, 0.05) is 39.1 Å². The number of nitrogens with one attached hydrogen (secondary N) is 3. The molecule has 1 aromatic rings. The van der Waals surface area contributed by atoms with Crippen LogP contribution in [0.15, 0.2) is 29.5 Å². The second-order valence-corrected chi connectivity index (χ2v) is 4.28. The lowest BCUT2D eigenvalue weighted by Crippen LogP contribution is -2.41. The van der Waals surface area contributed by atoms with Crippen molar-refractivity contribution in [1.29, 1.82) is 0 Å². The Morgan fingerprint density at radius 1 is 1.25 bits per heavy atom. The fourth-order valence-electron chi connectivity index (χ4n) is 1.56. The average Bonchev–Trinajstić information content (AvgIpc) is 2.50. The van der Waals surface area contributed by atoms with Gasteiger partial charge in [-0.3, -0.25) is 14.8 Å². The van der Waals surface area contributed by atoms with Crippen LogP contribution < -0.4 is 16.0 Å². The minimum absolute atomic E-state index is 0.117. The van der Waals surface area contributed by atoms with E-state index in [1.807, 2.05) is 0 Å². The zero-order valence-electron chi connectivity index (χ0n) is 12.1. The molecular weight excluding hydrogens is 254 g/mol. The summed E-state index contributed by atoms with van der Waals surface area (Å²) in [5.74, 6) is 0.642. The van der Waals surface area contributed by atoms with E-state index < -0.39 is 0 Å². The number of carbonyl (C=O) groups is 1. The Morgan fingerprint density at radius 2 is 2.00 bits per heavy atom. The highest BCUT2D eigenvalue weighted by Crippen LogP contribution is 1.94. The lowest BCUT2D eigenvalue weighted by molar-refractivity contribution is 0.0954. The molecule has 0 atom stereocenters. The molecule has 6 heteroatoms. The van der Waals surface area contributed by atoms with Crippen molar-refractivity contribution in [2.24, 2.45) is 4.99 Å². The van der Waals surface area contributed by atoms with Crippen molar-refractivity contribution in [3.63, 3.8) is 0 Å². The normalized spacial score (nSPS) is 11.0. The molecule has 110 valence electrons. The molecule has 0 spiro atoms. The van der Waals surface area contributed by atoms with Gasteiger partial charge >= 0.3 is 0 Å². The molecule has 0 radical (unpaired) electrons. The Balaban J connectivity index is 2.19. The van der Waals surface area contributed by atoms with Crippen molar-refractivity contribution < 1.29 is 4.79 Å². The molecule has 1 aromatic heterocycles. The maximum absolute atomic E-state index is 11.7. The maximum Gasteiger partial charge on any atom is 0.252 e. The fourth-order valence-corrected chi connectivity index (χ4v) is 1.56. The number of amides is 1. The van der Waals surface area contributed by atoms with Crippen LogP contribution in [-0.2, 0) is 0 Å². The van der Waals surface area contributed by atoms with Crippen LogP contribution in [0.25, 0.3) is 0 Å². The molecule has 0 aromatic carbocycles. The molecule has 0 aliphatic heterocycles. The third-order valence-electron chi connectivity index (χ3n) is 2.67. The van der Waals surface area contributed by atoms with Crippen LogP contribution >= 0.6 is 0 Å². The molecule has 0 aliphatic rings. The summed E-state index contributed by atoms with van der Waals surface area (Å²) < 4.78 is 0. The molecule has 0 saturated heterocycles. The highest BCUT2D eigenvalue weighted by atomic mass is 16.1. The van der Waals surface area contributed by atoms with Gasteiger partial charge in [-0.25, -0.2) is 0 Å². The summed E-state index contributed by atoms with van der Waals surface area (Å²) >= 11 is 0. The summed E-state index contributed by atoms with van der Waals surface area (Å²) in [6.07, 6.45) is 5.45. The Labute approximate surface area is 120 Å². The molecule has 1 heterocycles. The van der Waals surface area contributed by atoms with Gasteiger partial charge in [-0.05, 0) is 18.6 Å². The number of pyridine rings is 1. The number of hydrogen-bond acceptors (Lipinski definition) is 3. The second-order valence-electron chi connectivity index (χ2n) is 4.28. The molecular formula is C14H23N5O. The summed E-state index contributed by atoms with van der Waals surface area (Å²) in [4.78, 5) is 19.8. The van der Waals surface area contributed by atoms with E-state index in [2.05, 4.69) is 32.9 Å². The Bertz CT molecular complexity index is 419. The number of carbonyl (C=O) groups excluding carboxylic acids is 1. The topological polar surface area (TPSA) is 78.4 Å². The van der Waals surface area contributed by atoms with Crippen molar-refractivity contribution >= 4 is 11.9 Å². The summed E-state index contributed by atoms with van der Waals surface area (Å²) in [5.41, 5.74) is 0.568. The van der Waals surface area contributed by atoms with Crippen molar-refractivity contribution in [3.8, 4) is 0 Å². The quantitative estimate of drug-likeness (QED) is 0.391. The van der Waals surface area contributed by atoms with E-state index in [9.17, 15) is 4.79 Å². The fraction of sp³-hybridized carbons (Fsp3) is 0.500. The van der Waals surface area contributed by atoms with Crippen LogP contribution in [0.3, 0.4) is 0 Å². The van der Waals surface area contributed by atoms with Crippen molar-refractivity contribution in [2.75, 3.05) is 26.7 Å². The van der Waals surface area contributed by atoms with Crippen LogP contribution in [0.2, 0.25) is 0 Å². The molecule has 0 bridgehead atoms. The first kappa shape index (κ1) is 15.9. The van der Waals surface area contributed by atoms with Gasteiger partial charge in [-0.1, -0.05) is 13.3 Å². The minimum atomic E-state index is -0.117. The van der Waals surface area contributed by atoms with Crippen LogP contribution in [0.4, 0.5) is 0 Å². The van der Waals surface area contributed by atoms with Crippen LogP contribution in [0.1, 0.15) is 30.1 Å². The van der Waals surface area contributed by atoms with Crippen LogP contribution in [0, 0.1) is 0 Å². The number of rotatable bonds is 7. The summed E-state index contributed by atoms with van der Waals surface area (Å²) in [6, 6.07) is 3.48. The number of unbranched alkanes of at least 4 members (excludes halogenated alkanes) is 1. The van der Waals surface area contributed by atoms with E-state index in [4.69, 9.17) is 0 Å². The number of aliphatic imine (C=N–C) groups is 1. The van der Waals surface area contributed by atoms with E-state index in [1.165, 1.54) is 0 Å². The smallest absolute Gasteiger partial charge is 0.252 e. The largest absolute Gasteiger partial charge is 0.356 e. The predicted octanol–water partition coefficient (Wildman–Crippen LogP) is 0.777. The molecule has 6 nitrogen and oxygen atoms in total. The average molecular weight is 277 g/mol. The zero-order valence-corrected chi connectivity index (χ0v) is 12.1. The van der Waals surface area contributed by atoms with Gasteiger partial charge in [0.25, 0.3) is 5.91 Å². The predicted molar refractivity (Wildman–Crippen MR) is 80.8 cm³/mol. The Morgan fingerprint density at radius 3 is 2.65 bits per heavy atom.